The summed E-state index contributed by atoms with van der Waals surface area (Å²) in [5.74, 6) is 3.76. The Balaban J connectivity index is 0.821. The maximum absolute atomic E-state index is 4.94. The van der Waals surface area contributed by atoms with Crippen LogP contribution in [0.2, 0.25) is 0 Å². The molecule has 14 rings (SSSR count). The Kier molecular flexibility index (Phi) is 9.45. The molecule has 0 fully saturated rings. The number of nitrogens with zero attached hydrogens (tertiary/aromatic N) is 8. The van der Waals surface area contributed by atoms with Crippen LogP contribution in [0.1, 0.15) is 45.2 Å². The van der Waals surface area contributed by atoms with Crippen LogP contribution >= 0.6 is 0 Å². The molecule has 3 aliphatic rings. The Morgan fingerprint density at radius 1 is 0.221 bits per heavy atom. The van der Waals surface area contributed by atoms with Crippen molar-refractivity contribution in [3.63, 3.8) is 0 Å². The second-order valence-corrected chi connectivity index (χ2v) is 17.1. The van der Waals surface area contributed by atoms with Crippen molar-refractivity contribution in [2.24, 2.45) is 0 Å². The summed E-state index contributed by atoms with van der Waals surface area (Å²) in [6, 6.07) is 71.7. The van der Waals surface area contributed by atoms with Crippen molar-refractivity contribution in [2.75, 3.05) is 0 Å². The topological polar surface area (TPSA) is 103 Å². The van der Waals surface area contributed by atoms with Crippen molar-refractivity contribution in [3.05, 3.63) is 252 Å². The van der Waals surface area contributed by atoms with Gasteiger partial charge in [0.25, 0.3) is 0 Å². The molecular formula is C60H38N8. The zero-order chi connectivity index (χ0) is 45.0. The van der Waals surface area contributed by atoms with E-state index < -0.39 is 0 Å². The first-order chi connectivity index (χ1) is 33.7. The van der Waals surface area contributed by atoms with E-state index in [4.69, 9.17) is 29.9 Å². The van der Waals surface area contributed by atoms with E-state index in [2.05, 4.69) is 119 Å². The van der Waals surface area contributed by atoms with Gasteiger partial charge in [-0.05, 0) is 92.0 Å². The monoisotopic (exact) mass is 870 g/mol. The zero-order valence-electron chi connectivity index (χ0n) is 36.5. The van der Waals surface area contributed by atoms with Gasteiger partial charge in [-0.1, -0.05) is 170 Å². The van der Waals surface area contributed by atoms with Gasteiger partial charge in [-0.3, -0.25) is 9.97 Å². The Morgan fingerprint density at radius 2 is 0.529 bits per heavy atom. The molecule has 318 valence electrons. The lowest BCUT2D eigenvalue weighted by atomic mass is 9.60. The van der Waals surface area contributed by atoms with Crippen molar-refractivity contribution in [1.82, 2.24) is 39.9 Å². The number of hydrogen-bond acceptors (Lipinski definition) is 8. The van der Waals surface area contributed by atoms with E-state index in [1.54, 1.807) is 12.4 Å². The second kappa shape index (κ2) is 16.4. The van der Waals surface area contributed by atoms with E-state index in [1.165, 1.54) is 44.5 Å². The Labute approximate surface area is 392 Å². The van der Waals surface area contributed by atoms with Crippen LogP contribution < -0.4 is 0 Å². The lowest BCUT2D eigenvalue weighted by Crippen LogP contribution is -2.27. The molecule has 8 heteroatoms. The van der Waals surface area contributed by atoms with E-state index in [1.807, 2.05) is 97.1 Å². The van der Waals surface area contributed by atoms with Gasteiger partial charge in [0.2, 0.25) is 0 Å². The standard InChI is InChI=1S/C60H38N8/c1-3-13-39(14-4-1)55-63-57(67-59(65-55)51-19-9-11-33-61-51)41-25-21-37(22-26-41)43-29-31-47-49(35-43)53-45-17-7-8-18-46(45)54(47)50-36-44(30-32-48(50)53)38-23-27-42(28-24-38)58-64-56(40-15-5-2-6-16-40)66-60(68-58)52-20-10-12-34-62-52/h1-36,53-54H. The van der Waals surface area contributed by atoms with Crippen LogP contribution in [0, 0.1) is 0 Å². The molecule has 4 aromatic heterocycles. The van der Waals surface area contributed by atoms with Gasteiger partial charge in [0, 0.05) is 46.5 Å². The van der Waals surface area contributed by atoms with Gasteiger partial charge in [0.15, 0.2) is 34.9 Å². The van der Waals surface area contributed by atoms with E-state index >= 15 is 0 Å². The largest absolute Gasteiger partial charge is 0.253 e. The van der Waals surface area contributed by atoms with Gasteiger partial charge in [0.1, 0.15) is 11.4 Å². The predicted molar refractivity (Wildman–Crippen MR) is 267 cm³/mol. The van der Waals surface area contributed by atoms with E-state index in [-0.39, 0.29) is 11.8 Å². The number of benzene rings is 7. The van der Waals surface area contributed by atoms with Crippen molar-refractivity contribution >= 4 is 0 Å². The zero-order valence-corrected chi connectivity index (χ0v) is 36.5. The van der Waals surface area contributed by atoms with E-state index in [0.717, 1.165) is 33.4 Å². The third kappa shape index (κ3) is 6.94. The number of hydrogen-bond donors (Lipinski definition) is 0. The molecule has 0 spiro atoms. The molecule has 0 saturated carbocycles. The fraction of sp³-hybridized carbons (Fsp3) is 0.0333. The molecule has 2 unspecified atom stereocenters. The van der Waals surface area contributed by atoms with Gasteiger partial charge >= 0.3 is 0 Å². The summed E-state index contributed by atoms with van der Waals surface area (Å²) in [7, 11) is 0. The Morgan fingerprint density at radius 3 is 0.912 bits per heavy atom. The van der Waals surface area contributed by atoms with E-state index in [0.29, 0.717) is 46.3 Å². The minimum Gasteiger partial charge on any atom is -0.253 e. The molecule has 11 aromatic rings. The summed E-state index contributed by atoms with van der Waals surface area (Å²) in [6.07, 6.45) is 3.52. The summed E-state index contributed by atoms with van der Waals surface area (Å²) >= 11 is 0. The van der Waals surface area contributed by atoms with Crippen molar-refractivity contribution < 1.29 is 0 Å². The van der Waals surface area contributed by atoms with Gasteiger partial charge in [-0.2, -0.15) is 0 Å². The van der Waals surface area contributed by atoms with Crippen molar-refractivity contribution in [3.8, 4) is 90.8 Å². The minimum atomic E-state index is 0.124. The predicted octanol–water partition coefficient (Wildman–Crippen LogP) is 13.2. The van der Waals surface area contributed by atoms with Gasteiger partial charge < -0.3 is 0 Å². The minimum absolute atomic E-state index is 0.124. The molecule has 68 heavy (non-hydrogen) atoms. The van der Waals surface area contributed by atoms with Crippen molar-refractivity contribution in [2.45, 2.75) is 11.8 Å². The molecule has 0 aliphatic heterocycles. The summed E-state index contributed by atoms with van der Waals surface area (Å²) < 4.78 is 0. The number of rotatable bonds is 8. The van der Waals surface area contributed by atoms with Gasteiger partial charge in [-0.15, -0.1) is 0 Å². The highest BCUT2D eigenvalue weighted by Crippen LogP contribution is 2.56. The summed E-state index contributed by atoms with van der Waals surface area (Å²) in [5, 5.41) is 0. The molecule has 7 aromatic carbocycles. The summed E-state index contributed by atoms with van der Waals surface area (Å²) in [6.45, 7) is 0. The maximum atomic E-state index is 4.94. The molecule has 0 saturated heterocycles. The lowest BCUT2D eigenvalue weighted by molar-refractivity contribution is 0.755. The molecule has 0 radical (unpaired) electrons. The summed E-state index contributed by atoms with van der Waals surface area (Å²) in [4.78, 5) is 38.4. The second-order valence-electron chi connectivity index (χ2n) is 17.1. The van der Waals surface area contributed by atoms with Crippen LogP contribution in [0.25, 0.3) is 90.8 Å². The molecule has 2 atom stereocenters. The van der Waals surface area contributed by atoms with Crippen LogP contribution in [-0.2, 0) is 0 Å². The third-order valence-corrected chi connectivity index (χ3v) is 13.1. The van der Waals surface area contributed by atoms with Crippen LogP contribution in [0.5, 0.6) is 0 Å². The average molecular weight is 871 g/mol. The number of aromatic nitrogens is 8. The summed E-state index contributed by atoms with van der Waals surface area (Å²) in [5.41, 5.74) is 17.9. The van der Waals surface area contributed by atoms with E-state index in [9.17, 15) is 0 Å². The van der Waals surface area contributed by atoms with Gasteiger partial charge in [0.05, 0.1) is 0 Å². The highest BCUT2D eigenvalue weighted by Gasteiger charge is 2.41. The molecule has 3 aliphatic carbocycles. The maximum Gasteiger partial charge on any atom is 0.182 e. The Bertz CT molecular complexity index is 3300. The first-order valence-electron chi connectivity index (χ1n) is 22.7. The van der Waals surface area contributed by atoms with Crippen LogP contribution in [-0.4, -0.2) is 39.9 Å². The van der Waals surface area contributed by atoms with Crippen LogP contribution in [0.3, 0.4) is 0 Å². The quantitative estimate of drug-likeness (QED) is 0.149. The molecule has 2 bridgehead atoms. The molecule has 8 nitrogen and oxygen atoms in total. The molecule has 0 N–H and O–H groups in total. The average Bonchev–Trinajstić information content (AvgIpc) is 3.43. The third-order valence-electron chi connectivity index (χ3n) is 13.1. The molecular weight excluding hydrogens is 833 g/mol. The first kappa shape index (κ1) is 39.2. The normalized spacial score (nSPS) is 14.2. The van der Waals surface area contributed by atoms with Crippen LogP contribution in [0.15, 0.2) is 219 Å². The van der Waals surface area contributed by atoms with Crippen LogP contribution in [0.4, 0.5) is 0 Å². The van der Waals surface area contributed by atoms with Gasteiger partial charge in [-0.25, -0.2) is 29.9 Å². The highest BCUT2D eigenvalue weighted by molar-refractivity contribution is 5.78. The molecule has 0 amide bonds. The van der Waals surface area contributed by atoms with Crippen molar-refractivity contribution in [1.29, 1.82) is 0 Å². The fourth-order valence-electron chi connectivity index (χ4n) is 9.86. The smallest absolute Gasteiger partial charge is 0.182 e. The highest BCUT2D eigenvalue weighted by atomic mass is 15.1. The molecule has 4 heterocycles. The Hall–Kier alpha value is -9.14. The fourth-order valence-corrected chi connectivity index (χ4v) is 9.86. The first-order valence-corrected chi connectivity index (χ1v) is 22.7. The SMILES string of the molecule is c1ccc(-c2nc(-c3ccc(-c4ccc5c(c4)C4c6ccccc6C5c5cc(-c6ccc(-c7nc(-c8ccccc8)nc(-c8ccccn8)n7)cc6)ccc54)cc3)nc(-c3ccccn3)n2)cc1. The number of pyridine rings is 2. The lowest BCUT2D eigenvalue weighted by Gasteiger charge is -2.42.